The van der Waals surface area contributed by atoms with Gasteiger partial charge in [-0.3, -0.25) is 4.79 Å². The minimum Gasteiger partial charge on any atom is -0.391 e. The summed E-state index contributed by atoms with van der Waals surface area (Å²) < 4.78 is 0. The number of carbonyl (C=O) groups is 1. The Morgan fingerprint density at radius 2 is 1.79 bits per heavy atom. The molecule has 1 aliphatic heterocycles. The van der Waals surface area contributed by atoms with Crippen LogP contribution in [0.5, 0.6) is 0 Å². The molecule has 5 heteroatoms. The molecule has 1 aliphatic rings. The molecule has 0 bridgehead atoms. The number of rotatable bonds is 7. The number of aliphatic hydroxyl groups is 1. The number of piperazine rings is 1. The van der Waals surface area contributed by atoms with Gasteiger partial charge in [-0.1, -0.05) is 27.2 Å². The number of nitrogens with zero attached hydrogens (tertiary/aromatic N) is 2. The highest BCUT2D eigenvalue weighted by molar-refractivity contribution is 5.94. The average Bonchev–Trinajstić information content (AvgIpc) is 2.65. The lowest BCUT2D eigenvalue weighted by Crippen LogP contribution is -2.46. The molecule has 5 nitrogen and oxygen atoms in total. The molecule has 0 aliphatic carbocycles. The van der Waals surface area contributed by atoms with Crippen molar-refractivity contribution in [3.8, 4) is 0 Å². The molecule has 134 valence electrons. The van der Waals surface area contributed by atoms with E-state index in [1.54, 1.807) is 0 Å². The van der Waals surface area contributed by atoms with Crippen LogP contribution in [-0.2, 0) is 0 Å². The Morgan fingerprint density at radius 3 is 2.33 bits per heavy atom. The number of anilines is 1. The fraction of sp³-hybridized carbons (Fsp3) is 0.632. The Bertz CT molecular complexity index is 510. The Labute approximate surface area is 145 Å². The first-order chi connectivity index (χ1) is 11.5. The standard InChI is InChI=1S/C19H31N3O2/c1-4-15(3)18(23)14-20-19(24)16-6-8-17(9-7-16)22-12-10-21(5-2)11-13-22/h6-9,15,18,23H,4-5,10-14H2,1-3H3,(H,20,24). The van der Waals surface area contributed by atoms with Crippen LogP contribution in [0.1, 0.15) is 37.6 Å². The SMILES string of the molecule is CCC(C)C(O)CNC(=O)c1ccc(N2CCN(CC)CC2)cc1. The summed E-state index contributed by atoms with van der Waals surface area (Å²) in [4.78, 5) is 17.0. The van der Waals surface area contributed by atoms with Crippen LogP contribution in [0.2, 0.25) is 0 Å². The zero-order valence-electron chi connectivity index (χ0n) is 15.2. The normalized spacial score (nSPS) is 18.2. The zero-order valence-corrected chi connectivity index (χ0v) is 15.2. The molecule has 1 aromatic rings. The second kappa shape index (κ2) is 9.04. The van der Waals surface area contributed by atoms with Gasteiger partial charge in [0.2, 0.25) is 0 Å². The smallest absolute Gasteiger partial charge is 0.251 e. The minimum atomic E-state index is -0.493. The molecular formula is C19H31N3O2. The van der Waals surface area contributed by atoms with Gasteiger partial charge in [-0.2, -0.15) is 0 Å². The van der Waals surface area contributed by atoms with Crippen LogP contribution in [0.25, 0.3) is 0 Å². The van der Waals surface area contributed by atoms with Crippen molar-refractivity contribution in [3.05, 3.63) is 29.8 Å². The first-order valence-electron chi connectivity index (χ1n) is 9.08. The highest BCUT2D eigenvalue weighted by atomic mass is 16.3. The summed E-state index contributed by atoms with van der Waals surface area (Å²) in [6.07, 6.45) is 0.407. The van der Waals surface area contributed by atoms with Crippen molar-refractivity contribution in [2.45, 2.75) is 33.3 Å². The summed E-state index contributed by atoms with van der Waals surface area (Å²) in [6.45, 7) is 11.9. The Kier molecular flexibility index (Phi) is 7.06. The van der Waals surface area contributed by atoms with Crippen LogP contribution in [-0.4, -0.2) is 61.3 Å². The topological polar surface area (TPSA) is 55.8 Å². The van der Waals surface area contributed by atoms with Crippen LogP contribution in [0.4, 0.5) is 5.69 Å². The van der Waals surface area contributed by atoms with E-state index in [1.165, 1.54) is 5.69 Å². The van der Waals surface area contributed by atoms with Gasteiger partial charge in [0.25, 0.3) is 5.91 Å². The Balaban J connectivity index is 1.86. The summed E-state index contributed by atoms with van der Waals surface area (Å²) in [5.74, 6) is 0.0640. The molecule has 1 fully saturated rings. The van der Waals surface area contributed by atoms with Gasteiger partial charge in [0, 0.05) is 44.0 Å². The summed E-state index contributed by atoms with van der Waals surface area (Å²) in [5.41, 5.74) is 1.81. The lowest BCUT2D eigenvalue weighted by atomic mass is 10.0. The van der Waals surface area contributed by atoms with Gasteiger partial charge < -0.3 is 20.2 Å². The van der Waals surface area contributed by atoms with Crippen molar-refractivity contribution >= 4 is 11.6 Å². The number of aliphatic hydroxyl groups excluding tert-OH is 1. The van der Waals surface area contributed by atoms with Crippen LogP contribution in [0.15, 0.2) is 24.3 Å². The van der Waals surface area contributed by atoms with Crippen LogP contribution < -0.4 is 10.2 Å². The molecule has 0 radical (unpaired) electrons. The first kappa shape index (κ1) is 18.7. The maximum Gasteiger partial charge on any atom is 0.251 e. The predicted molar refractivity (Wildman–Crippen MR) is 98.6 cm³/mol. The van der Waals surface area contributed by atoms with Gasteiger partial charge in [-0.05, 0) is 36.7 Å². The number of nitrogens with one attached hydrogen (secondary N) is 1. The molecule has 0 aromatic heterocycles. The zero-order chi connectivity index (χ0) is 17.5. The molecule has 1 saturated heterocycles. The highest BCUT2D eigenvalue weighted by Crippen LogP contribution is 2.17. The fourth-order valence-corrected chi connectivity index (χ4v) is 2.92. The van der Waals surface area contributed by atoms with Gasteiger partial charge in [0.1, 0.15) is 0 Å². The second-order valence-electron chi connectivity index (χ2n) is 6.63. The molecule has 1 aromatic carbocycles. The maximum atomic E-state index is 12.2. The van der Waals surface area contributed by atoms with Crippen molar-refractivity contribution in [1.29, 1.82) is 0 Å². The highest BCUT2D eigenvalue weighted by Gasteiger charge is 2.17. The summed E-state index contributed by atoms with van der Waals surface area (Å²) in [6, 6.07) is 7.77. The van der Waals surface area contributed by atoms with E-state index in [1.807, 2.05) is 38.1 Å². The summed E-state index contributed by atoms with van der Waals surface area (Å²) in [7, 11) is 0. The van der Waals surface area contributed by atoms with Gasteiger partial charge in [-0.15, -0.1) is 0 Å². The van der Waals surface area contributed by atoms with E-state index in [-0.39, 0.29) is 11.8 Å². The average molecular weight is 333 g/mol. The molecule has 1 heterocycles. The van der Waals surface area contributed by atoms with Crippen LogP contribution in [0, 0.1) is 5.92 Å². The molecule has 2 atom stereocenters. The summed E-state index contributed by atoms with van der Waals surface area (Å²) >= 11 is 0. The third-order valence-corrected chi connectivity index (χ3v) is 5.09. The quantitative estimate of drug-likeness (QED) is 0.801. The number of carbonyl (C=O) groups excluding carboxylic acids is 1. The number of hydrogen-bond acceptors (Lipinski definition) is 4. The van der Waals surface area contributed by atoms with Gasteiger partial charge >= 0.3 is 0 Å². The fourth-order valence-electron chi connectivity index (χ4n) is 2.92. The van der Waals surface area contributed by atoms with E-state index in [4.69, 9.17) is 0 Å². The molecule has 1 amide bonds. The number of amides is 1. The maximum absolute atomic E-state index is 12.2. The second-order valence-corrected chi connectivity index (χ2v) is 6.63. The first-order valence-corrected chi connectivity index (χ1v) is 9.08. The Hall–Kier alpha value is -1.59. The molecule has 2 unspecified atom stereocenters. The van der Waals surface area contributed by atoms with E-state index in [0.29, 0.717) is 12.1 Å². The molecule has 0 saturated carbocycles. The lowest BCUT2D eigenvalue weighted by molar-refractivity contribution is 0.0850. The van der Waals surface area contributed by atoms with Crippen molar-refractivity contribution in [2.24, 2.45) is 5.92 Å². The molecule has 2 rings (SSSR count). The Morgan fingerprint density at radius 1 is 1.17 bits per heavy atom. The van der Waals surface area contributed by atoms with Crippen LogP contribution in [0.3, 0.4) is 0 Å². The van der Waals surface area contributed by atoms with Gasteiger partial charge in [0.15, 0.2) is 0 Å². The van der Waals surface area contributed by atoms with Crippen LogP contribution >= 0.6 is 0 Å². The predicted octanol–water partition coefficient (Wildman–Crippen LogP) is 1.97. The van der Waals surface area contributed by atoms with Gasteiger partial charge in [0.05, 0.1) is 6.10 Å². The van der Waals surface area contributed by atoms with Crippen molar-refractivity contribution < 1.29 is 9.90 Å². The largest absolute Gasteiger partial charge is 0.391 e. The third-order valence-electron chi connectivity index (χ3n) is 5.09. The molecule has 0 spiro atoms. The van der Waals surface area contributed by atoms with Crippen molar-refractivity contribution in [2.75, 3.05) is 44.2 Å². The van der Waals surface area contributed by atoms with E-state index in [9.17, 15) is 9.90 Å². The van der Waals surface area contributed by atoms with Gasteiger partial charge in [-0.25, -0.2) is 0 Å². The van der Waals surface area contributed by atoms with E-state index < -0.39 is 6.10 Å². The van der Waals surface area contributed by atoms with E-state index in [0.717, 1.165) is 39.1 Å². The number of hydrogen-bond donors (Lipinski definition) is 2. The van der Waals surface area contributed by atoms with E-state index >= 15 is 0 Å². The number of likely N-dealkylation sites (N-methyl/N-ethyl adjacent to an activating group) is 1. The monoisotopic (exact) mass is 333 g/mol. The minimum absolute atomic E-state index is 0.125. The third kappa shape index (κ3) is 4.95. The molecule has 24 heavy (non-hydrogen) atoms. The number of benzene rings is 1. The molecular weight excluding hydrogens is 302 g/mol. The lowest BCUT2D eigenvalue weighted by Gasteiger charge is -2.35. The van der Waals surface area contributed by atoms with Crippen molar-refractivity contribution in [1.82, 2.24) is 10.2 Å². The van der Waals surface area contributed by atoms with E-state index in [2.05, 4.69) is 22.0 Å². The summed E-state index contributed by atoms with van der Waals surface area (Å²) in [5, 5.41) is 12.8. The van der Waals surface area contributed by atoms with Crippen molar-refractivity contribution in [3.63, 3.8) is 0 Å². The molecule has 2 N–H and O–H groups in total.